The van der Waals surface area contributed by atoms with Crippen LogP contribution in [-0.2, 0) is 10.3 Å². The number of rotatable bonds is 8. The third kappa shape index (κ3) is 5.38. The smallest absolute Gasteiger partial charge is 0.265 e. The first-order valence-electron chi connectivity index (χ1n) is 14.4. The van der Waals surface area contributed by atoms with E-state index in [4.69, 9.17) is 17.9 Å². The van der Waals surface area contributed by atoms with Gasteiger partial charge in [-0.05, 0) is 95.0 Å². The summed E-state index contributed by atoms with van der Waals surface area (Å²) in [6.07, 6.45) is 7.56. The molecule has 2 aliphatic carbocycles. The van der Waals surface area contributed by atoms with Crippen molar-refractivity contribution in [2.24, 2.45) is 17.8 Å². The first kappa shape index (κ1) is 26.9. The highest BCUT2D eigenvalue weighted by Gasteiger charge is 2.58. The summed E-state index contributed by atoms with van der Waals surface area (Å²) in [6, 6.07) is 15.0. The van der Waals surface area contributed by atoms with Crippen molar-refractivity contribution in [3.8, 4) is 0 Å². The number of hydrogen-bond donors (Lipinski definition) is 0. The van der Waals surface area contributed by atoms with E-state index in [0.717, 1.165) is 57.3 Å². The topological polar surface area (TPSA) is 21.2 Å². The summed E-state index contributed by atoms with van der Waals surface area (Å²) in [5, 5.41) is 0. The Hall–Kier alpha value is -2.73. The molecule has 1 saturated heterocycles. The zero-order valence-electron chi connectivity index (χ0n) is 22.8. The van der Waals surface area contributed by atoms with Crippen LogP contribution in [0.15, 0.2) is 48.5 Å². The Morgan fingerprint density at radius 3 is 2.39 bits per heavy atom. The highest BCUT2D eigenvalue weighted by Crippen LogP contribution is 2.52. The summed E-state index contributed by atoms with van der Waals surface area (Å²) in [7, 11) is 0. The molecule has 0 bridgehead atoms. The fourth-order valence-corrected chi connectivity index (χ4v) is 7.57. The minimum atomic E-state index is -0.733. The van der Waals surface area contributed by atoms with E-state index in [2.05, 4.69) is 40.6 Å². The lowest BCUT2D eigenvalue weighted by atomic mass is 9.65. The van der Waals surface area contributed by atoms with Crippen molar-refractivity contribution in [1.29, 1.82) is 0 Å². The molecule has 0 N–H and O–H groups in total. The molecule has 5 heteroatoms. The summed E-state index contributed by atoms with van der Waals surface area (Å²) >= 11 is 0. The predicted molar refractivity (Wildman–Crippen MR) is 149 cm³/mol. The van der Waals surface area contributed by atoms with Gasteiger partial charge in [-0.2, -0.15) is 0 Å². The van der Waals surface area contributed by atoms with E-state index in [1.165, 1.54) is 24.5 Å². The van der Waals surface area contributed by atoms with E-state index in [-0.39, 0.29) is 29.9 Å². The van der Waals surface area contributed by atoms with Crippen LogP contribution in [0, 0.1) is 36.7 Å². The number of benzene rings is 2. The van der Waals surface area contributed by atoms with Gasteiger partial charge < -0.3 is 14.5 Å². The van der Waals surface area contributed by atoms with Crippen LogP contribution in [0.25, 0.3) is 9.69 Å². The van der Waals surface area contributed by atoms with E-state index in [1.54, 1.807) is 12.1 Å². The van der Waals surface area contributed by atoms with Crippen LogP contribution in [0.2, 0.25) is 0 Å². The molecular weight excluding hydrogens is 473 g/mol. The fourth-order valence-electron chi connectivity index (χ4n) is 7.57. The van der Waals surface area contributed by atoms with E-state index in [1.807, 2.05) is 18.2 Å². The second kappa shape index (κ2) is 11.6. The second-order valence-electron chi connectivity index (χ2n) is 12.0. The van der Waals surface area contributed by atoms with Crippen LogP contribution < -0.4 is 0 Å². The van der Waals surface area contributed by atoms with Gasteiger partial charge in [0.05, 0.1) is 24.7 Å². The van der Waals surface area contributed by atoms with E-state index in [9.17, 15) is 4.39 Å². The van der Waals surface area contributed by atoms with E-state index in [0.29, 0.717) is 17.5 Å². The van der Waals surface area contributed by atoms with Crippen LogP contribution in [-0.4, -0.2) is 36.7 Å². The van der Waals surface area contributed by atoms with Gasteiger partial charge in [-0.15, -0.1) is 0 Å². The Labute approximate surface area is 227 Å². The van der Waals surface area contributed by atoms with Crippen LogP contribution >= 0.6 is 0 Å². The average Bonchev–Trinajstić information content (AvgIpc) is 3.35. The van der Waals surface area contributed by atoms with Crippen molar-refractivity contribution in [2.75, 3.05) is 19.6 Å². The summed E-state index contributed by atoms with van der Waals surface area (Å²) < 4.78 is 20.9. The molecule has 5 rings (SSSR count). The van der Waals surface area contributed by atoms with Crippen molar-refractivity contribution >= 4 is 5.69 Å². The lowest BCUT2D eigenvalue weighted by molar-refractivity contribution is -0.0413. The molecule has 3 aliphatic rings. The molecule has 2 saturated carbocycles. The molecule has 1 heterocycles. The standard InChI is InChI=1S/C33H40FN3O/c1-23(2)38-32-10-6-9-31(32)33(36-4,28-7-5-8-29(34)21-28)27-15-17-37(18-16-27)22-24-19-26(20-24)25-11-13-30(35-3)14-12-25/h5,7-8,11-14,21,23-24,26-27,31-32H,6,9-10,15-20,22H2,1-2H3/t24?,26?,31-,32-,33?/m0/s1. The van der Waals surface area contributed by atoms with Gasteiger partial charge in [-0.3, -0.25) is 0 Å². The Morgan fingerprint density at radius 1 is 1.03 bits per heavy atom. The highest BCUT2D eigenvalue weighted by atomic mass is 19.1. The lowest BCUT2D eigenvalue weighted by Gasteiger charge is -2.44. The zero-order valence-corrected chi connectivity index (χ0v) is 22.8. The maximum Gasteiger partial charge on any atom is 0.265 e. The number of nitrogens with zero attached hydrogens (tertiary/aromatic N) is 3. The summed E-state index contributed by atoms with van der Waals surface area (Å²) in [5.41, 5.74) is 2.18. The number of likely N-dealkylation sites (tertiary alicyclic amines) is 1. The Kier molecular flexibility index (Phi) is 8.18. The first-order chi connectivity index (χ1) is 18.4. The summed E-state index contributed by atoms with van der Waals surface area (Å²) in [6.45, 7) is 23.0. The molecule has 4 nitrogen and oxygen atoms in total. The largest absolute Gasteiger partial charge is 0.375 e. The maximum atomic E-state index is 14.5. The Balaban J connectivity index is 1.25. The zero-order chi connectivity index (χ0) is 26.7. The Morgan fingerprint density at radius 2 is 1.76 bits per heavy atom. The molecule has 3 fully saturated rings. The normalized spacial score (nSPS) is 27.8. The minimum absolute atomic E-state index is 0.0566. The lowest BCUT2D eigenvalue weighted by Crippen LogP contribution is -2.49. The molecule has 2 aromatic carbocycles. The van der Waals surface area contributed by atoms with Crippen LogP contribution in [0.4, 0.5) is 10.1 Å². The van der Waals surface area contributed by atoms with Gasteiger partial charge in [-0.25, -0.2) is 15.8 Å². The number of piperidine rings is 1. The van der Waals surface area contributed by atoms with Gasteiger partial charge in [0.2, 0.25) is 0 Å². The number of halogens is 1. The third-order valence-corrected chi connectivity index (χ3v) is 9.39. The van der Waals surface area contributed by atoms with Crippen molar-refractivity contribution < 1.29 is 9.13 Å². The van der Waals surface area contributed by atoms with Crippen LogP contribution in [0.3, 0.4) is 0 Å². The SMILES string of the molecule is [C-]#[N+]c1ccc(C2CC(CN3CCC(C([N+]#[C-])(c4cccc(F)c4)[C@H]4CCC[C@@H]4OC(C)C)CC3)C2)cc1. The quantitative estimate of drug-likeness (QED) is 0.334. The van der Waals surface area contributed by atoms with Crippen molar-refractivity contribution in [1.82, 2.24) is 4.90 Å². The third-order valence-electron chi connectivity index (χ3n) is 9.39. The first-order valence-corrected chi connectivity index (χ1v) is 14.4. The average molecular weight is 514 g/mol. The van der Waals surface area contributed by atoms with Crippen molar-refractivity contribution in [3.63, 3.8) is 0 Å². The van der Waals surface area contributed by atoms with Gasteiger partial charge in [0, 0.05) is 18.0 Å². The molecule has 2 aromatic rings. The molecule has 0 aromatic heterocycles. The van der Waals surface area contributed by atoms with Gasteiger partial charge in [0.25, 0.3) is 5.54 Å². The highest BCUT2D eigenvalue weighted by molar-refractivity contribution is 5.46. The van der Waals surface area contributed by atoms with E-state index >= 15 is 0 Å². The van der Waals surface area contributed by atoms with E-state index < -0.39 is 5.54 Å². The van der Waals surface area contributed by atoms with Gasteiger partial charge in [-0.1, -0.05) is 42.8 Å². The molecule has 38 heavy (non-hydrogen) atoms. The molecule has 0 radical (unpaired) electrons. The molecule has 1 unspecified atom stereocenters. The van der Waals surface area contributed by atoms with Crippen molar-refractivity contribution in [3.05, 3.63) is 88.3 Å². The maximum absolute atomic E-state index is 14.5. The van der Waals surface area contributed by atoms with Gasteiger partial charge >= 0.3 is 0 Å². The summed E-state index contributed by atoms with van der Waals surface area (Å²) in [4.78, 5) is 10.5. The number of hydrogen-bond acceptors (Lipinski definition) is 2. The van der Waals surface area contributed by atoms with Gasteiger partial charge in [0.15, 0.2) is 5.69 Å². The molecule has 200 valence electrons. The number of ether oxygens (including phenoxy) is 1. The van der Waals surface area contributed by atoms with Crippen LogP contribution in [0.5, 0.6) is 0 Å². The molecule has 0 spiro atoms. The fraction of sp³-hybridized carbons (Fsp3) is 0.576. The predicted octanol–water partition coefficient (Wildman–Crippen LogP) is 7.99. The monoisotopic (exact) mass is 513 g/mol. The Bertz CT molecular complexity index is 1170. The van der Waals surface area contributed by atoms with Crippen LogP contribution in [0.1, 0.15) is 75.8 Å². The minimum Gasteiger partial charge on any atom is -0.375 e. The molecular formula is C33H40FN3O. The van der Waals surface area contributed by atoms with Crippen molar-refractivity contribution in [2.45, 2.75) is 82.5 Å². The second-order valence-corrected chi connectivity index (χ2v) is 12.0. The van der Waals surface area contributed by atoms with Gasteiger partial charge in [0.1, 0.15) is 5.82 Å². The molecule has 1 aliphatic heterocycles. The molecule has 3 atom stereocenters. The summed E-state index contributed by atoms with van der Waals surface area (Å²) in [5.74, 6) is 1.37. The molecule has 0 amide bonds.